The Morgan fingerprint density at radius 1 is 1.36 bits per heavy atom. The van der Waals surface area contributed by atoms with Crippen molar-refractivity contribution in [2.75, 3.05) is 26.2 Å². The van der Waals surface area contributed by atoms with Gasteiger partial charge < -0.3 is 16.0 Å². The predicted molar refractivity (Wildman–Crippen MR) is 49.4 cm³/mol. The molecule has 0 aromatic carbocycles. The fraction of sp³-hybridized carbons (Fsp3) is 1.00. The molecule has 0 aliphatic heterocycles. The minimum atomic E-state index is 0.116. The Kier molecular flexibility index (Phi) is 6.51. The van der Waals surface area contributed by atoms with Crippen molar-refractivity contribution in [2.45, 2.75) is 26.9 Å². The van der Waals surface area contributed by atoms with Crippen LogP contribution in [0.15, 0.2) is 0 Å². The Morgan fingerprint density at radius 2 is 1.91 bits per heavy atom. The summed E-state index contributed by atoms with van der Waals surface area (Å²) in [5, 5.41) is 3.18. The van der Waals surface area contributed by atoms with E-state index in [1.807, 2.05) is 6.92 Å². The molecular formula is C8H21N3. The Morgan fingerprint density at radius 3 is 2.27 bits per heavy atom. The lowest BCUT2D eigenvalue weighted by Gasteiger charge is -2.18. The van der Waals surface area contributed by atoms with Crippen LogP contribution in [0.3, 0.4) is 0 Å². The van der Waals surface area contributed by atoms with E-state index >= 15 is 0 Å². The van der Waals surface area contributed by atoms with E-state index in [4.69, 9.17) is 5.73 Å². The van der Waals surface area contributed by atoms with Gasteiger partial charge in [-0.2, -0.15) is 0 Å². The molecule has 0 fully saturated rings. The third kappa shape index (κ3) is 6.28. The molecule has 0 amide bonds. The quantitative estimate of drug-likeness (QED) is 0.545. The molecule has 11 heavy (non-hydrogen) atoms. The average Bonchev–Trinajstić information content (AvgIpc) is 1.98. The van der Waals surface area contributed by atoms with Crippen LogP contribution in [0, 0.1) is 0 Å². The summed E-state index contributed by atoms with van der Waals surface area (Å²) in [6, 6.07) is 0. The van der Waals surface area contributed by atoms with Gasteiger partial charge >= 0.3 is 0 Å². The van der Waals surface area contributed by atoms with Gasteiger partial charge in [-0.1, -0.05) is 13.8 Å². The lowest BCUT2D eigenvalue weighted by atomic mass is 10.4. The fourth-order valence-corrected chi connectivity index (χ4v) is 0.990. The number of hydrogen-bond donors (Lipinski definition) is 2. The van der Waals surface area contributed by atoms with Gasteiger partial charge in [0.25, 0.3) is 0 Å². The van der Waals surface area contributed by atoms with Crippen molar-refractivity contribution in [3.05, 3.63) is 0 Å². The molecular weight excluding hydrogens is 138 g/mol. The van der Waals surface area contributed by atoms with E-state index in [1.54, 1.807) is 0 Å². The molecule has 1 atom stereocenters. The smallest absolute Gasteiger partial charge is 0.0517 e. The van der Waals surface area contributed by atoms with E-state index in [-0.39, 0.29) is 6.17 Å². The van der Waals surface area contributed by atoms with Crippen molar-refractivity contribution < 1.29 is 0 Å². The van der Waals surface area contributed by atoms with E-state index in [0.29, 0.717) is 0 Å². The molecule has 0 rings (SSSR count). The molecule has 68 valence electrons. The zero-order chi connectivity index (χ0) is 8.69. The van der Waals surface area contributed by atoms with E-state index in [2.05, 4.69) is 24.1 Å². The van der Waals surface area contributed by atoms with Crippen LogP contribution in [0.1, 0.15) is 20.8 Å². The first-order valence-electron chi connectivity index (χ1n) is 4.42. The first-order chi connectivity index (χ1) is 5.20. The fourth-order valence-electron chi connectivity index (χ4n) is 0.990. The van der Waals surface area contributed by atoms with Crippen LogP contribution in [-0.4, -0.2) is 37.2 Å². The molecule has 0 aromatic rings. The van der Waals surface area contributed by atoms with Crippen LogP contribution in [0.4, 0.5) is 0 Å². The van der Waals surface area contributed by atoms with Gasteiger partial charge in [0.1, 0.15) is 0 Å². The second-order valence-corrected chi connectivity index (χ2v) is 2.77. The van der Waals surface area contributed by atoms with E-state index in [0.717, 1.165) is 26.2 Å². The maximum atomic E-state index is 5.53. The standard InChI is InChI=1S/C8H21N3/c1-4-11(5-2)7-6-10-8(3)9/h8,10H,4-7,9H2,1-3H3/t8-/m0/s1. The first-order valence-corrected chi connectivity index (χ1v) is 4.42. The van der Waals surface area contributed by atoms with Crippen LogP contribution >= 0.6 is 0 Å². The largest absolute Gasteiger partial charge is 0.316 e. The zero-order valence-electron chi connectivity index (χ0n) is 7.93. The predicted octanol–water partition coefficient (Wildman–Crippen LogP) is 0.223. The highest BCUT2D eigenvalue weighted by molar-refractivity contribution is 4.57. The minimum absolute atomic E-state index is 0.116. The first kappa shape index (κ1) is 10.9. The Balaban J connectivity index is 3.21. The van der Waals surface area contributed by atoms with Crippen molar-refractivity contribution >= 4 is 0 Å². The van der Waals surface area contributed by atoms with E-state index in [1.165, 1.54) is 0 Å². The molecule has 0 radical (unpaired) electrons. The van der Waals surface area contributed by atoms with Crippen LogP contribution in [-0.2, 0) is 0 Å². The van der Waals surface area contributed by atoms with E-state index in [9.17, 15) is 0 Å². The summed E-state index contributed by atoms with van der Waals surface area (Å²) in [5.74, 6) is 0. The minimum Gasteiger partial charge on any atom is -0.316 e. The molecule has 0 saturated heterocycles. The molecule has 3 nitrogen and oxygen atoms in total. The van der Waals surface area contributed by atoms with Gasteiger partial charge in [-0.15, -0.1) is 0 Å². The van der Waals surface area contributed by atoms with Gasteiger partial charge in [0.2, 0.25) is 0 Å². The Bertz CT molecular complexity index is 79.4. The number of nitrogens with two attached hydrogens (primary N) is 1. The third-order valence-corrected chi connectivity index (χ3v) is 1.79. The number of likely N-dealkylation sites (N-methyl/N-ethyl adjacent to an activating group) is 1. The number of hydrogen-bond acceptors (Lipinski definition) is 3. The third-order valence-electron chi connectivity index (χ3n) is 1.79. The van der Waals surface area contributed by atoms with Crippen LogP contribution in [0.5, 0.6) is 0 Å². The molecule has 0 saturated carbocycles. The molecule has 0 unspecified atom stereocenters. The number of nitrogens with zero attached hydrogens (tertiary/aromatic N) is 1. The highest BCUT2D eigenvalue weighted by atomic mass is 15.1. The molecule has 0 spiro atoms. The van der Waals surface area contributed by atoms with Crippen molar-refractivity contribution in [1.82, 2.24) is 10.2 Å². The van der Waals surface area contributed by atoms with E-state index < -0.39 is 0 Å². The molecule has 0 aromatic heterocycles. The van der Waals surface area contributed by atoms with Crippen molar-refractivity contribution in [3.63, 3.8) is 0 Å². The molecule has 0 heterocycles. The van der Waals surface area contributed by atoms with Crippen LogP contribution in [0.25, 0.3) is 0 Å². The summed E-state index contributed by atoms with van der Waals surface area (Å²) >= 11 is 0. The zero-order valence-corrected chi connectivity index (χ0v) is 7.93. The van der Waals surface area contributed by atoms with Gasteiger partial charge in [0.15, 0.2) is 0 Å². The SMILES string of the molecule is CCN(CC)CCN[C@@H](C)N. The molecule has 0 aliphatic carbocycles. The highest BCUT2D eigenvalue weighted by Gasteiger charge is 1.97. The van der Waals surface area contributed by atoms with Crippen molar-refractivity contribution in [2.24, 2.45) is 5.73 Å². The highest BCUT2D eigenvalue weighted by Crippen LogP contribution is 1.83. The lowest BCUT2D eigenvalue weighted by Crippen LogP contribution is -2.39. The Labute approximate surface area is 69.9 Å². The number of rotatable bonds is 6. The van der Waals surface area contributed by atoms with Gasteiger partial charge in [-0.25, -0.2) is 0 Å². The van der Waals surface area contributed by atoms with Crippen molar-refractivity contribution in [3.8, 4) is 0 Å². The topological polar surface area (TPSA) is 41.3 Å². The summed E-state index contributed by atoms with van der Waals surface area (Å²) in [4.78, 5) is 2.37. The van der Waals surface area contributed by atoms with Gasteiger partial charge in [-0.05, 0) is 20.0 Å². The normalized spacial score (nSPS) is 13.9. The Hall–Kier alpha value is -0.120. The number of nitrogens with one attached hydrogen (secondary N) is 1. The second kappa shape index (κ2) is 6.58. The van der Waals surface area contributed by atoms with Crippen LogP contribution < -0.4 is 11.1 Å². The molecule has 3 N–H and O–H groups in total. The molecule has 0 bridgehead atoms. The van der Waals surface area contributed by atoms with Gasteiger partial charge in [-0.3, -0.25) is 0 Å². The second-order valence-electron chi connectivity index (χ2n) is 2.77. The monoisotopic (exact) mass is 159 g/mol. The summed E-state index contributed by atoms with van der Waals surface area (Å²) < 4.78 is 0. The maximum Gasteiger partial charge on any atom is 0.0517 e. The summed E-state index contributed by atoms with van der Waals surface area (Å²) in [7, 11) is 0. The van der Waals surface area contributed by atoms with Gasteiger partial charge in [0.05, 0.1) is 6.17 Å². The lowest BCUT2D eigenvalue weighted by molar-refractivity contribution is 0.298. The summed E-state index contributed by atoms with van der Waals surface area (Å²) in [6.07, 6.45) is 0.116. The maximum absolute atomic E-state index is 5.53. The van der Waals surface area contributed by atoms with Gasteiger partial charge in [0, 0.05) is 13.1 Å². The summed E-state index contributed by atoms with van der Waals surface area (Å²) in [5.41, 5.74) is 5.53. The van der Waals surface area contributed by atoms with Crippen LogP contribution in [0.2, 0.25) is 0 Å². The van der Waals surface area contributed by atoms with Crippen molar-refractivity contribution in [1.29, 1.82) is 0 Å². The molecule has 0 aliphatic rings. The molecule has 3 heteroatoms. The summed E-state index contributed by atoms with van der Waals surface area (Å²) in [6.45, 7) is 10.6. The average molecular weight is 159 g/mol.